The second kappa shape index (κ2) is 9.46. The van der Waals surface area contributed by atoms with Crippen LogP contribution in [0, 0.1) is 0 Å². The zero-order valence-corrected chi connectivity index (χ0v) is 12.9. The van der Waals surface area contributed by atoms with E-state index in [4.69, 9.17) is 4.43 Å². The van der Waals surface area contributed by atoms with Crippen LogP contribution in [0.4, 0.5) is 0 Å². The van der Waals surface area contributed by atoms with E-state index in [1.807, 2.05) is 25.7 Å². The molecule has 0 unspecified atom stereocenters. The molecule has 0 aromatic carbocycles. The zero-order valence-electron chi connectivity index (χ0n) is 11.9. The first-order valence-corrected chi connectivity index (χ1v) is 10.3. The summed E-state index contributed by atoms with van der Waals surface area (Å²) in [6.45, 7) is 8.29. The molecule has 0 saturated carbocycles. The average molecular weight is 256 g/mol. The topological polar surface area (TPSA) is 26.3 Å². The van der Waals surface area contributed by atoms with Gasteiger partial charge in [-0.25, -0.2) is 4.79 Å². The highest BCUT2D eigenvalue weighted by molar-refractivity contribution is 6.71. The highest BCUT2D eigenvalue weighted by atomic mass is 28.4. The van der Waals surface area contributed by atoms with Crippen molar-refractivity contribution in [3.05, 3.63) is 12.2 Å². The minimum Gasteiger partial charge on any atom is -0.517 e. The third kappa shape index (κ3) is 13.4. The Balaban J connectivity index is 3.44. The van der Waals surface area contributed by atoms with Gasteiger partial charge in [0.15, 0.2) is 0 Å². The van der Waals surface area contributed by atoms with Crippen LogP contribution in [0.2, 0.25) is 19.6 Å². The molecule has 0 aliphatic carbocycles. The molecule has 2 nitrogen and oxygen atoms in total. The Kier molecular flexibility index (Phi) is 9.14. The molecular formula is C14H28O2Si. The van der Waals surface area contributed by atoms with Crippen molar-refractivity contribution >= 4 is 14.3 Å². The van der Waals surface area contributed by atoms with Gasteiger partial charge in [-0.05, 0) is 32.5 Å². The number of allylic oxidation sites excluding steroid dienone is 1. The smallest absolute Gasteiger partial charge is 0.317 e. The Morgan fingerprint density at radius 2 is 1.65 bits per heavy atom. The van der Waals surface area contributed by atoms with Crippen molar-refractivity contribution in [1.29, 1.82) is 0 Å². The van der Waals surface area contributed by atoms with Crippen molar-refractivity contribution in [2.45, 2.75) is 71.5 Å². The van der Waals surface area contributed by atoms with Gasteiger partial charge >= 0.3 is 5.97 Å². The molecule has 0 aromatic rings. The van der Waals surface area contributed by atoms with Crippen LogP contribution in [0.5, 0.6) is 0 Å². The van der Waals surface area contributed by atoms with E-state index in [9.17, 15) is 4.79 Å². The van der Waals surface area contributed by atoms with Crippen molar-refractivity contribution in [3.8, 4) is 0 Å². The zero-order chi connectivity index (χ0) is 13.1. The Labute approximate surface area is 108 Å². The lowest BCUT2D eigenvalue weighted by Crippen LogP contribution is -2.28. The van der Waals surface area contributed by atoms with E-state index in [2.05, 4.69) is 6.92 Å². The lowest BCUT2D eigenvalue weighted by Gasteiger charge is -2.15. The van der Waals surface area contributed by atoms with Crippen LogP contribution in [-0.2, 0) is 9.22 Å². The Morgan fingerprint density at radius 3 is 2.24 bits per heavy atom. The number of rotatable bonds is 9. The third-order valence-electron chi connectivity index (χ3n) is 2.39. The highest BCUT2D eigenvalue weighted by Gasteiger charge is 2.17. The second-order valence-corrected chi connectivity index (χ2v) is 9.92. The lowest BCUT2D eigenvalue weighted by atomic mass is 10.1. The summed E-state index contributed by atoms with van der Waals surface area (Å²) in [5, 5.41) is 0. The summed E-state index contributed by atoms with van der Waals surface area (Å²) in [5.74, 6) is -0.171. The number of unbranched alkanes of at least 4 members (excludes halogenated alkanes) is 6. The number of carbonyl (C=O) groups is 1. The molecule has 0 saturated heterocycles. The second-order valence-electron chi connectivity index (χ2n) is 5.49. The Hall–Kier alpha value is -0.573. The quantitative estimate of drug-likeness (QED) is 0.340. The third-order valence-corrected chi connectivity index (χ3v) is 3.20. The normalized spacial score (nSPS) is 12.0. The fourth-order valence-electron chi connectivity index (χ4n) is 1.56. The minimum absolute atomic E-state index is 0.171. The van der Waals surface area contributed by atoms with Gasteiger partial charge in [0, 0.05) is 6.08 Å². The van der Waals surface area contributed by atoms with E-state index in [0.29, 0.717) is 0 Å². The fourth-order valence-corrected chi connectivity index (χ4v) is 2.23. The first kappa shape index (κ1) is 16.4. The van der Waals surface area contributed by atoms with Gasteiger partial charge in [0.25, 0.3) is 0 Å². The molecule has 0 rings (SSSR count). The van der Waals surface area contributed by atoms with Crippen molar-refractivity contribution in [1.82, 2.24) is 0 Å². The lowest BCUT2D eigenvalue weighted by molar-refractivity contribution is -0.129. The molecule has 17 heavy (non-hydrogen) atoms. The standard InChI is InChI=1S/C14H28O2Si/c1-5-6-7-8-9-10-11-12-13-14(15)16-17(2,3)4/h12-13H,5-11H2,1-4H3/b13-12+. The molecule has 100 valence electrons. The molecule has 0 N–H and O–H groups in total. The Bertz CT molecular complexity index is 229. The van der Waals surface area contributed by atoms with Gasteiger partial charge in [0.2, 0.25) is 8.32 Å². The molecule has 0 spiro atoms. The largest absolute Gasteiger partial charge is 0.517 e. The summed E-state index contributed by atoms with van der Waals surface area (Å²) in [5.41, 5.74) is 0. The molecule has 0 aromatic heterocycles. The van der Waals surface area contributed by atoms with Gasteiger partial charge < -0.3 is 4.43 Å². The van der Waals surface area contributed by atoms with Crippen LogP contribution >= 0.6 is 0 Å². The van der Waals surface area contributed by atoms with E-state index >= 15 is 0 Å². The van der Waals surface area contributed by atoms with Gasteiger partial charge in [-0.1, -0.05) is 45.1 Å². The van der Waals surface area contributed by atoms with Crippen molar-refractivity contribution < 1.29 is 9.22 Å². The summed E-state index contributed by atoms with van der Waals surface area (Å²) in [6, 6.07) is 0. The van der Waals surface area contributed by atoms with Crippen molar-refractivity contribution in [2.75, 3.05) is 0 Å². The Morgan fingerprint density at radius 1 is 1.06 bits per heavy atom. The predicted molar refractivity (Wildman–Crippen MR) is 76.6 cm³/mol. The molecule has 0 aliphatic heterocycles. The first-order valence-electron chi connectivity index (χ1n) is 6.85. The minimum atomic E-state index is -1.71. The first-order chi connectivity index (χ1) is 7.95. The summed E-state index contributed by atoms with van der Waals surface area (Å²) < 4.78 is 5.31. The summed E-state index contributed by atoms with van der Waals surface area (Å²) in [7, 11) is -1.71. The summed E-state index contributed by atoms with van der Waals surface area (Å²) in [4.78, 5) is 11.4. The van der Waals surface area contributed by atoms with Crippen LogP contribution in [0.1, 0.15) is 51.9 Å². The molecular weight excluding hydrogens is 228 g/mol. The van der Waals surface area contributed by atoms with E-state index in [0.717, 1.165) is 6.42 Å². The van der Waals surface area contributed by atoms with E-state index in [-0.39, 0.29) is 5.97 Å². The van der Waals surface area contributed by atoms with E-state index in [1.165, 1.54) is 38.5 Å². The van der Waals surface area contributed by atoms with Gasteiger partial charge in [-0.2, -0.15) is 0 Å². The summed E-state index contributed by atoms with van der Waals surface area (Å²) >= 11 is 0. The predicted octanol–water partition coefficient (Wildman–Crippen LogP) is 4.67. The maximum atomic E-state index is 11.4. The van der Waals surface area contributed by atoms with Crippen LogP contribution in [0.3, 0.4) is 0 Å². The number of hydrogen-bond acceptors (Lipinski definition) is 2. The maximum absolute atomic E-state index is 11.4. The van der Waals surface area contributed by atoms with E-state index in [1.54, 1.807) is 6.08 Å². The molecule has 0 amide bonds. The summed E-state index contributed by atoms with van der Waals surface area (Å²) in [6.07, 6.45) is 12.3. The maximum Gasteiger partial charge on any atom is 0.317 e. The van der Waals surface area contributed by atoms with Gasteiger partial charge in [-0.15, -0.1) is 0 Å². The van der Waals surface area contributed by atoms with Crippen LogP contribution in [-0.4, -0.2) is 14.3 Å². The molecule has 0 atom stereocenters. The van der Waals surface area contributed by atoms with Crippen LogP contribution in [0.15, 0.2) is 12.2 Å². The highest BCUT2D eigenvalue weighted by Crippen LogP contribution is 2.08. The van der Waals surface area contributed by atoms with E-state index < -0.39 is 8.32 Å². The van der Waals surface area contributed by atoms with Gasteiger partial charge in [0.1, 0.15) is 0 Å². The van der Waals surface area contributed by atoms with Crippen molar-refractivity contribution in [3.63, 3.8) is 0 Å². The number of carbonyl (C=O) groups excluding carboxylic acids is 1. The molecule has 0 aliphatic rings. The fraction of sp³-hybridized carbons (Fsp3) is 0.786. The molecule has 0 heterocycles. The molecule has 0 fully saturated rings. The van der Waals surface area contributed by atoms with Crippen molar-refractivity contribution in [2.24, 2.45) is 0 Å². The SMILES string of the molecule is CCCCCCCC/C=C/C(=O)O[Si](C)(C)C. The monoisotopic (exact) mass is 256 g/mol. The molecule has 3 heteroatoms. The van der Waals surface area contributed by atoms with Crippen LogP contribution in [0.25, 0.3) is 0 Å². The molecule has 0 bridgehead atoms. The molecule has 0 radical (unpaired) electrons. The van der Waals surface area contributed by atoms with Gasteiger partial charge in [0.05, 0.1) is 0 Å². The average Bonchev–Trinajstić information content (AvgIpc) is 2.19. The van der Waals surface area contributed by atoms with Gasteiger partial charge in [-0.3, -0.25) is 0 Å². The van der Waals surface area contributed by atoms with Crippen LogP contribution < -0.4 is 0 Å². The number of hydrogen-bond donors (Lipinski definition) is 0.